The highest BCUT2D eigenvalue weighted by Gasteiger charge is 2.34. The van der Waals surface area contributed by atoms with Crippen LogP contribution in [-0.4, -0.2) is 47.5 Å². The summed E-state index contributed by atoms with van der Waals surface area (Å²) in [4.78, 5) is 39.7. The van der Waals surface area contributed by atoms with Crippen LogP contribution in [0.15, 0.2) is 24.3 Å². The van der Waals surface area contributed by atoms with E-state index >= 15 is 0 Å². The Morgan fingerprint density at radius 1 is 1.16 bits per heavy atom. The number of amides is 3. The zero-order valence-electron chi connectivity index (χ0n) is 20.0. The van der Waals surface area contributed by atoms with Gasteiger partial charge in [-0.05, 0) is 51.7 Å². The number of unbranched alkanes of at least 4 members (excludes halogenated alkanes) is 1. The number of nitriles is 1. The quantitative estimate of drug-likeness (QED) is 0.424. The number of hydrogen-bond acceptors (Lipinski definition) is 5. The van der Waals surface area contributed by atoms with Gasteiger partial charge in [-0.3, -0.25) is 9.59 Å². The van der Waals surface area contributed by atoms with E-state index in [0.29, 0.717) is 12.1 Å². The molecule has 3 amide bonds. The second-order valence-electron chi connectivity index (χ2n) is 8.63. The van der Waals surface area contributed by atoms with Gasteiger partial charge in [-0.2, -0.15) is 5.26 Å². The van der Waals surface area contributed by atoms with E-state index in [9.17, 15) is 19.6 Å². The topological polar surface area (TPSA) is 112 Å². The van der Waals surface area contributed by atoms with E-state index in [-0.39, 0.29) is 12.5 Å². The molecule has 0 saturated heterocycles. The summed E-state index contributed by atoms with van der Waals surface area (Å²) in [6, 6.07) is 7.39. The molecule has 2 unspecified atom stereocenters. The minimum atomic E-state index is -0.993. The van der Waals surface area contributed by atoms with Crippen LogP contribution in [0.4, 0.5) is 4.79 Å². The summed E-state index contributed by atoms with van der Waals surface area (Å²) in [5.74, 6) is -0.914. The summed E-state index contributed by atoms with van der Waals surface area (Å²) < 4.78 is 5.22. The highest BCUT2D eigenvalue weighted by molar-refractivity contribution is 5.92. The van der Waals surface area contributed by atoms with Crippen molar-refractivity contribution in [1.82, 2.24) is 15.5 Å². The van der Waals surface area contributed by atoms with Gasteiger partial charge < -0.3 is 20.3 Å². The third-order valence-electron chi connectivity index (χ3n) is 4.72. The Morgan fingerprint density at radius 2 is 1.78 bits per heavy atom. The lowest BCUT2D eigenvalue weighted by Crippen LogP contribution is -2.52. The van der Waals surface area contributed by atoms with Crippen molar-refractivity contribution in [2.24, 2.45) is 0 Å². The maximum absolute atomic E-state index is 13.2. The molecule has 0 radical (unpaired) electrons. The largest absolute Gasteiger partial charge is 0.444 e. The monoisotopic (exact) mass is 444 g/mol. The zero-order valence-corrected chi connectivity index (χ0v) is 20.0. The second kappa shape index (κ2) is 12.7. The molecule has 0 saturated carbocycles. The van der Waals surface area contributed by atoms with Crippen LogP contribution in [-0.2, 0) is 20.7 Å². The van der Waals surface area contributed by atoms with Crippen LogP contribution in [0.5, 0.6) is 0 Å². The van der Waals surface area contributed by atoms with Gasteiger partial charge >= 0.3 is 6.09 Å². The van der Waals surface area contributed by atoms with E-state index in [2.05, 4.69) is 10.6 Å². The lowest BCUT2D eigenvalue weighted by molar-refractivity contribution is -0.141. The van der Waals surface area contributed by atoms with E-state index < -0.39 is 29.7 Å². The van der Waals surface area contributed by atoms with Crippen LogP contribution in [0, 0.1) is 11.3 Å². The van der Waals surface area contributed by atoms with E-state index in [0.717, 1.165) is 24.8 Å². The molecule has 0 spiro atoms. The number of aryl methyl sites for hydroxylation is 1. The van der Waals surface area contributed by atoms with E-state index in [1.165, 1.54) is 11.8 Å². The Hall–Kier alpha value is -3.08. The average Bonchev–Trinajstić information content (AvgIpc) is 2.72. The number of rotatable bonds is 10. The highest BCUT2D eigenvalue weighted by atomic mass is 16.6. The van der Waals surface area contributed by atoms with Gasteiger partial charge in [0.1, 0.15) is 24.2 Å². The van der Waals surface area contributed by atoms with Crippen molar-refractivity contribution in [3.05, 3.63) is 35.4 Å². The molecule has 2 N–H and O–H groups in total. The standard InChI is InChI=1S/C24H36N4O4/c1-7-9-15-26-21(29)20(19-12-10-18(8-2)11-13-19)28(16-14-25)22(30)17(3)27-23(31)32-24(4,5)6/h10-13,17,20H,7-9,15-16H2,1-6H3,(H,26,29)(H,27,31). The molecule has 0 aliphatic rings. The normalized spacial score (nSPS) is 12.8. The Morgan fingerprint density at radius 3 is 2.28 bits per heavy atom. The molecule has 32 heavy (non-hydrogen) atoms. The van der Waals surface area contributed by atoms with E-state index in [1.54, 1.807) is 32.9 Å². The van der Waals surface area contributed by atoms with Gasteiger partial charge in [0.25, 0.3) is 0 Å². The first kappa shape index (κ1) is 27.0. The fourth-order valence-electron chi connectivity index (χ4n) is 3.06. The second-order valence-corrected chi connectivity index (χ2v) is 8.63. The summed E-state index contributed by atoms with van der Waals surface area (Å²) in [5.41, 5.74) is 0.975. The number of hydrogen-bond donors (Lipinski definition) is 2. The third-order valence-corrected chi connectivity index (χ3v) is 4.72. The number of carbonyl (C=O) groups excluding carboxylic acids is 3. The van der Waals surface area contributed by atoms with Gasteiger partial charge in [0.15, 0.2) is 0 Å². The molecule has 0 aliphatic heterocycles. The molecule has 176 valence electrons. The first-order chi connectivity index (χ1) is 15.0. The first-order valence-electron chi connectivity index (χ1n) is 11.1. The molecule has 0 aliphatic carbocycles. The first-order valence-corrected chi connectivity index (χ1v) is 11.1. The lowest BCUT2D eigenvalue weighted by Gasteiger charge is -2.32. The van der Waals surface area contributed by atoms with Crippen molar-refractivity contribution >= 4 is 17.9 Å². The van der Waals surface area contributed by atoms with E-state index in [1.807, 2.05) is 32.0 Å². The van der Waals surface area contributed by atoms with Gasteiger partial charge in [0.2, 0.25) is 11.8 Å². The van der Waals surface area contributed by atoms with Crippen LogP contribution < -0.4 is 10.6 Å². The summed E-state index contributed by atoms with van der Waals surface area (Å²) in [6.45, 7) is 10.9. The predicted molar refractivity (Wildman–Crippen MR) is 123 cm³/mol. The molecule has 0 bridgehead atoms. The maximum atomic E-state index is 13.2. The van der Waals surface area contributed by atoms with Crippen molar-refractivity contribution in [2.45, 2.75) is 78.5 Å². The Balaban J connectivity index is 3.20. The van der Waals surface area contributed by atoms with Gasteiger partial charge in [-0.25, -0.2) is 4.79 Å². The molecular formula is C24H36N4O4. The molecule has 1 aromatic rings. The molecule has 8 nitrogen and oxygen atoms in total. The molecule has 1 aromatic carbocycles. The number of alkyl carbamates (subject to hydrolysis) is 1. The van der Waals surface area contributed by atoms with Gasteiger partial charge in [-0.15, -0.1) is 0 Å². The third kappa shape index (κ3) is 8.58. The molecular weight excluding hydrogens is 408 g/mol. The number of nitrogens with zero attached hydrogens (tertiary/aromatic N) is 2. The van der Waals surface area contributed by atoms with Gasteiger partial charge in [0, 0.05) is 6.54 Å². The Kier molecular flexibility index (Phi) is 10.7. The predicted octanol–water partition coefficient (Wildman–Crippen LogP) is 3.47. The van der Waals surface area contributed by atoms with Crippen molar-refractivity contribution in [3.8, 4) is 6.07 Å². The lowest BCUT2D eigenvalue weighted by atomic mass is 10.0. The van der Waals surface area contributed by atoms with Crippen molar-refractivity contribution in [2.75, 3.05) is 13.1 Å². The summed E-state index contributed by atoms with van der Waals surface area (Å²) >= 11 is 0. The smallest absolute Gasteiger partial charge is 0.408 e. The number of benzene rings is 1. The van der Waals surface area contributed by atoms with E-state index in [4.69, 9.17) is 4.74 Å². The van der Waals surface area contributed by atoms with Gasteiger partial charge in [-0.1, -0.05) is 44.5 Å². The minimum absolute atomic E-state index is 0.305. The van der Waals surface area contributed by atoms with Crippen molar-refractivity contribution < 1.29 is 19.1 Å². The number of carbonyl (C=O) groups is 3. The molecule has 1 rings (SSSR count). The SMILES string of the molecule is CCCCNC(=O)C(c1ccc(CC)cc1)N(CC#N)C(=O)C(C)NC(=O)OC(C)(C)C. The fourth-order valence-corrected chi connectivity index (χ4v) is 3.06. The van der Waals surface area contributed by atoms with Crippen molar-refractivity contribution in [3.63, 3.8) is 0 Å². The molecule has 2 atom stereocenters. The Labute approximate surface area is 191 Å². The van der Waals surface area contributed by atoms with Crippen LogP contribution in [0.1, 0.15) is 71.6 Å². The minimum Gasteiger partial charge on any atom is -0.444 e. The molecule has 0 heterocycles. The molecule has 0 fully saturated rings. The maximum Gasteiger partial charge on any atom is 0.408 e. The Bertz CT molecular complexity index is 809. The summed E-state index contributed by atoms with van der Waals surface area (Å²) in [7, 11) is 0. The van der Waals surface area contributed by atoms with Crippen LogP contribution in [0.25, 0.3) is 0 Å². The number of ether oxygens (including phenoxy) is 1. The molecule has 8 heteroatoms. The average molecular weight is 445 g/mol. The number of nitrogens with one attached hydrogen (secondary N) is 2. The van der Waals surface area contributed by atoms with Crippen molar-refractivity contribution in [1.29, 1.82) is 5.26 Å². The fraction of sp³-hybridized carbons (Fsp3) is 0.583. The summed E-state index contributed by atoms with van der Waals surface area (Å²) in [6.07, 6.45) is 1.81. The zero-order chi connectivity index (χ0) is 24.3. The van der Waals surface area contributed by atoms with Crippen LogP contribution >= 0.6 is 0 Å². The summed E-state index contributed by atoms with van der Waals surface area (Å²) in [5, 5.41) is 14.7. The van der Waals surface area contributed by atoms with Crippen LogP contribution in [0.3, 0.4) is 0 Å². The van der Waals surface area contributed by atoms with Crippen LogP contribution in [0.2, 0.25) is 0 Å². The van der Waals surface area contributed by atoms with Gasteiger partial charge in [0.05, 0.1) is 6.07 Å². The highest BCUT2D eigenvalue weighted by Crippen LogP contribution is 2.23. The molecule has 0 aromatic heterocycles.